The molecule has 0 N–H and O–H groups in total. The number of para-hydroxylation sites is 12. The van der Waals surface area contributed by atoms with Gasteiger partial charge in [-0.3, -0.25) is 4.57 Å². The summed E-state index contributed by atoms with van der Waals surface area (Å²) in [5.74, 6) is 4.11. The third kappa shape index (κ3) is 5.52. The Bertz CT molecular complexity index is 3780. The summed E-state index contributed by atoms with van der Waals surface area (Å²) < 4.78 is 16.6. The molecule has 0 amide bonds. The van der Waals surface area contributed by atoms with E-state index >= 15 is 0 Å². The van der Waals surface area contributed by atoms with Gasteiger partial charge >= 0.3 is 0 Å². The summed E-state index contributed by atoms with van der Waals surface area (Å²) in [4.78, 5) is 15.7. The van der Waals surface area contributed by atoms with Crippen LogP contribution in [0.1, 0.15) is 10.8 Å². The first-order valence-corrected chi connectivity index (χ1v) is 23.8. The van der Waals surface area contributed by atoms with Gasteiger partial charge in [-0.05, 0) is 144 Å². The number of rotatable bonds is 5. The molecule has 320 valence electrons. The minimum atomic E-state index is -0.0317. The molecule has 2 aliphatic heterocycles. The number of ether oxygens (including phenoxy) is 2. The fraction of sp³-hybridized carbons (Fsp3) is 0.0333. The third-order valence-corrected chi connectivity index (χ3v) is 15.0. The second kappa shape index (κ2) is 14.4. The number of nitrogens with zero attached hydrogens (tertiary/aromatic N) is 5. The normalized spacial score (nSPS) is 18.4. The molecule has 0 saturated carbocycles. The molecule has 15 rings (SSSR count). The summed E-state index contributed by atoms with van der Waals surface area (Å²) >= 11 is 1.76. The van der Waals surface area contributed by atoms with Gasteiger partial charge in [-0.2, -0.15) is 0 Å². The monoisotopic (exact) mass is 891 g/mol. The topological polar surface area (TPSA) is 55.7 Å². The van der Waals surface area contributed by atoms with E-state index in [9.17, 15) is 0 Å². The summed E-state index contributed by atoms with van der Waals surface area (Å²) in [7, 11) is 0. The number of thiazole rings is 1. The summed E-state index contributed by atoms with van der Waals surface area (Å²) in [5, 5.41) is 1.00. The van der Waals surface area contributed by atoms with E-state index in [1.165, 1.54) is 22.3 Å². The van der Waals surface area contributed by atoms with Crippen LogP contribution in [0.25, 0.3) is 38.1 Å². The summed E-state index contributed by atoms with van der Waals surface area (Å²) in [6.45, 7) is 0. The van der Waals surface area contributed by atoms with E-state index in [4.69, 9.17) is 19.4 Å². The molecular formula is C60H37N5O2S. The van der Waals surface area contributed by atoms with Gasteiger partial charge in [-0.15, -0.1) is 11.3 Å². The Morgan fingerprint density at radius 2 is 0.985 bits per heavy atom. The molecular weight excluding hydrogens is 855 g/mol. The van der Waals surface area contributed by atoms with Gasteiger partial charge in [-0.1, -0.05) is 91.0 Å². The van der Waals surface area contributed by atoms with Gasteiger partial charge in [0.05, 0.1) is 44.0 Å². The van der Waals surface area contributed by atoms with Crippen molar-refractivity contribution in [3.63, 3.8) is 0 Å². The van der Waals surface area contributed by atoms with Crippen molar-refractivity contribution in [3.05, 3.63) is 257 Å². The van der Waals surface area contributed by atoms with E-state index in [0.717, 1.165) is 106 Å². The summed E-state index contributed by atoms with van der Waals surface area (Å²) in [6, 6.07) is 60.9. The Balaban J connectivity index is 1.04. The van der Waals surface area contributed by atoms with Crippen molar-refractivity contribution in [2.24, 2.45) is 11.8 Å². The molecule has 0 saturated heterocycles. The minimum absolute atomic E-state index is 0.0149. The average molecular weight is 892 g/mol. The van der Waals surface area contributed by atoms with Crippen molar-refractivity contribution in [2.75, 3.05) is 9.80 Å². The quantitative estimate of drug-likeness (QED) is 0.172. The van der Waals surface area contributed by atoms with Gasteiger partial charge in [0, 0.05) is 40.1 Å². The molecule has 68 heavy (non-hydrogen) atoms. The molecule has 2 aromatic heterocycles. The van der Waals surface area contributed by atoms with Gasteiger partial charge in [0.25, 0.3) is 0 Å². The lowest BCUT2D eigenvalue weighted by atomic mass is 9.60. The first-order valence-electron chi connectivity index (χ1n) is 23.0. The lowest BCUT2D eigenvalue weighted by Gasteiger charge is -2.46. The highest BCUT2D eigenvalue weighted by molar-refractivity contribution is 7.19. The molecule has 0 spiro atoms. The SMILES string of the molecule is C1=C(c2nc3ccccc3n2-c2ccccc2)C2=CC(N3c4ccccc4Oc4ccccc43)=CC3=CC(c4nc5ccccc5s4)=C4C=C(N5c6ccccc6Oc6ccccc65)C=C1C4C32. The fourth-order valence-electron chi connectivity index (χ4n) is 11.1. The van der Waals surface area contributed by atoms with Crippen molar-refractivity contribution in [1.29, 1.82) is 0 Å². The molecule has 0 radical (unpaired) electrons. The van der Waals surface area contributed by atoms with E-state index < -0.39 is 0 Å². The van der Waals surface area contributed by atoms with Crippen LogP contribution in [0, 0.1) is 11.8 Å². The van der Waals surface area contributed by atoms with Crippen molar-refractivity contribution in [1.82, 2.24) is 14.5 Å². The van der Waals surface area contributed by atoms with Crippen molar-refractivity contribution in [2.45, 2.75) is 0 Å². The molecule has 7 nitrogen and oxygen atoms in total. The number of hydrogen-bond donors (Lipinski definition) is 0. The molecule has 9 aromatic rings. The molecule has 4 heterocycles. The maximum atomic E-state index is 6.56. The van der Waals surface area contributed by atoms with E-state index in [1.807, 2.05) is 24.3 Å². The van der Waals surface area contributed by atoms with Gasteiger partial charge in [0.2, 0.25) is 0 Å². The van der Waals surface area contributed by atoms with Crippen molar-refractivity contribution < 1.29 is 9.47 Å². The van der Waals surface area contributed by atoms with Crippen LogP contribution in [0.15, 0.2) is 246 Å². The van der Waals surface area contributed by atoms with E-state index in [2.05, 4.69) is 202 Å². The lowest BCUT2D eigenvalue weighted by molar-refractivity contribution is 0.475. The predicted molar refractivity (Wildman–Crippen MR) is 273 cm³/mol. The van der Waals surface area contributed by atoms with E-state index in [-0.39, 0.29) is 11.8 Å². The maximum absolute atomic E-state index is 6.56. The van der Waals surface area contributed by atoms with E-state index in [0.29, 0.717) is 0 Å². The van der Waals surface area contributed by atoms with Gasteiger partial charge in [0.15, 0.2) is 23.0 Å². The van der Waals surface area contributed by atoms with Crippen LogP contribution in [-0.2, 0) is 0 Å². The number of anilines is 4. The highest BCUT2D eigenvalue weighted by Gasteiger charge is 2.46. The number of aromatic nitrogens is 3. The fourth-order valence-corrected chi connectivity index (χ4v) is 12.1. The number of hydrogen-bond acceptors (Lipinski definition) is 7. The zero-order valence-electron chi connectivity index (χ0n) is 36.3. The molecule has 2 atom stereocenters. The molecule has 4 aliphatic carbocycles. The van der Waals surface area contributed by atoms with Crippen LogP contribution in [0.4, 0.5) is 22.7 Å². The Morgan fingerprint density at radius 3 is 1.63 bits per heavy atom. The van der Waals surface area contributed by atoms with Gasteiger partial charge in [0.1, 0.15) is 10.8 Å². The average Bonchev–Trinajstić information content (AvgIpc) is 4.01. The van der Waals surface area contributed by atoms with Crippen LogP contribution in [0.2, 0.25) is 0 Å². The van der Waals surface area contributed by atoms with Crippen LogP contribution in [-0.4, -0.2) is 14.5 Å². The number of allylic oxidation sites excluding steroid dienone is 12. The lowest BCUT2D eigenvalue weighted by Crippen LogP contribution is -2.35. The van der Waals surface area contributed by atoms with Gasteiger partial charge in [-0.25, -0.2) is 9.97 Å². The highest BCUT2D eigenvalue weighted by atomic mass is 32.1. The summed E-state index contributed by atoms with van der Waals surface area (Å²) in [6.07, 6.45) is 14.5. The molecule has 6 aliphatic rings. The Labute approximate surface area is 395 Å². The first-order chi connectivity index (χ1) is 33.7. The molecule has 2 unspecified atom stereocenters. The molecule has 7 aromatic carbocycles. The van der Waals surface area contributed by atoms with Crippen LogP contribution < -0.4 is 19.3 Å². The molecule has 8 heteroatoms. The van der Waals surface area contributed by atoms with Crippen molar-refractivity contribution in [3.8, 4) is 28.7 Å². The molecule has 0 fully saturated rings. The molecule has 0 bridgehead atoms. The number of benzene rings is 7. The Kier molecular flexibility index (Phi) is 7.93. The number of fused-ring (bicyclic) bond motifs is 6. The predicted octanol–water partition coefficient (Wildman–Crippen LogP) is 15.2. The zero-order chi connectivity index (χ0) is 44.5. The largest absolute Gasteiger partial charge is 0.453 e. The standard InChI is InChI=1S/C60H37N5O2S/c1-2-16-38(17-3-1)65-47-20-6-4-18-45(47)61-59(65)43-32-36-30-40(64-50-23-9-13-27-54(50)67-55-28-14-10-24-51(55)64)35-42-44(60-62-46-19-5-15-29-56(46)68-60)33-37-31-39(34-41(43)57(37)58(36)42)63-48-21-7-11-25-52(48)66-53-26-12-8-22-49(53)63/h1-35,57-58H. The van der Waals surface area contributed by atoms with Crippen LogP contribution >= 0.6 is 11.3 Å². The number of imidazole rings is 1. The second-order valence-electron chi connectivity index (χ2n) is 17.7. The minimum Gasteiger partial charge on any atom is -0.453 e. The third-order valence-electron chi connectivity index (χ3n) is 13.9. The Morgan fingerprint density at radius 1 is 0.441 bits per heavy atom. The smallest absolute Gasteiger partial charge is 0.151 e. The van der Waals surface area contributed by atoms with E-state index in [1.54, 1.807) is 11.3 Å². The summed E-state index contributed by atoms with van der Waals surface area (Å²) in [5.41, 5.74) is 17.2. The first kappa shape index (κ1) is 37.5. The second-order valence-corrected chi connectivity index (χ2v) is 18.8. The maximum Gasteiger partial charge on any atom is 0.151 e. The van der Waals surface area contributed by atoms with Crippen molar-refractivity contribution >= 4 is 66.5 Å². The Hall–Kier alpha value is -8.72. The van der Waals surface area contributed by atoms with Crippen LogP contribution in [0.5, 0.6) is 23.0 Å². The van der Waals surface area contributed by atoms with Crippen LogP contribution in [0.3, 0.4) is 0 Å². The zero-order valence-corrected chi connectivity index (χ0v) is 37.1. The van der Waals surface area contributed by atoms with Gasteiger partial charge < -0.3 is 19.3 Å². The highest BCUT2D eigenvalue weighted by Crippen LogP contribution is 2.60.